The average Bonchev–Trinajstić information content (AvgIpc) is 2.96. The van der Waals surface area contributed by atoms with Crippen LogP contribution in [0.3, 0.4) is 0 Å². The molecule has 4 rings (SSSR count). The van der Waals surface area contributed by atoms with E-state index >= 15 is 0 Å². The second-order valence-corrected chi connectivity index (χ2v) is 6.57. The number of hydrogen-bond acceptors (Lipinski definition) is 0. The Morgan fingerprint density at radius 2 is 0.724 bits per heavy atom. The van der Waals surface area contributed by atoms with E-state index in [0.717, 1.165) is 0 Å². The molecule has 29 heavy (non-hydrogen) atoms. The summed E-state index contributed by atoms with van der Waals surface area (Å²) in [5.41, 5.74) is 6.11. The molecule has 0 bridgehead atoms. The van der Waals surface area contributed by atoms with Crippen molar-refractivity contribution < 1.29 is 26.2 Å². The zero-order valence-electron chi connectivity index (χ0n) is 18.2. The maximum atomic E-state index is 2.89. The molecule has 0 saturated heterocycles. The maximum absolute atomic E-state index is 2.89. The summed E-state index contributed by atoms with van der Waals surface area (Å²) >= 11 is 0. The molecule has 0 aliphatic heterocycles. The molecule has 0 amide bonds. The molecule has 0 heterocycles. The Hall–Kier alpha value is -1.98. The van der Waals surface area contributed by atoms with Gasteiger partial charge in [0.05, 0.1) is 0 Å². The van der Waals surface area contributed by atoms with Crippen molar-refractivity contribution in [3.05, 3.63) is 131 Å². The molecule has 1 aliphatic carbocycles. The topological polar surface area (TPSA) is 0 Å². The zero-order valence-corrected chi connectivity index (χ0v) is 20.7. The van der Waals surface area contributed by atoms with Gasteiger partial charge < -0.3 is 0 Å². The molecular formula is C28H31Zr. The van der Waals surface area contributed by atoms with Gasteiger partial charge in [0.15, 0.2) is 0 Å². The monoisotopic (exact) mass is 457 g/mol. The molecular weight excluding hydrogens is 428 g/mol. The van der Waals surface area contributed by atoms with Crippen LogP contribution >= 0.6 is 0 Å². The summed E-state index contributed by atoms with van der Waals surface area (Å²) in [4.78, 5) is 0. The molecule has 0 aromatic heterocycles. The van der Waals surface area contributed by atoms with E-state index in [4.69, 9.17) is 0 Å². The normalized spacial score (nSPS) is 12.3. The van der Waals surface area contributed by atoms with Crippen LogP contribution < -0.4 is 0 Å². The molecule has 0 atom stereocenters. The van der Waals surface area contributed by atoms with Crippen LogP contribution in [0.5, 0.6) is 0 Å². The van der Waals surface area contributed by atoms with Gasteiger partial charge in [0.2, 0.25) is 0 Å². The van der Waals surface area contributed by atoms with Crippen LogP contribution in [0.4, 0.5) is 0 Å². The molecule has 1 heteroatoms. The molecule has 147 valence electrons. The molecule has 0 spiro atoms. The Balaban J connectivity index is 0.000000366. The molecule has 1 aliphatic rings. The first-order valence-corrected chi connectivity index (χ1v) is 9.64. The van der Waals surface area contributed by atoms with Crippen LogP contribution in [0.25, 0.3) is 0 Å². The van der Waals surface area contributed by atoms with Gasteiger partial charge in [-0.05, 0) is 44.8 Å². The molecule has 0 N–H and O–H groups in total. The summed E-state index contributed by atoms with van der Waals surface area (Å²) in [6, 6.07) is 37.5. The Morgan fingerprint density at radius 1 is 0.483 bits per heavy atom. The van der Waals surface area contributed by atoms with Crippen molar-refractivity contribution in [3.8, 4) is 0 Å². The Labute approximate surface area is 197 Å². The molecule has 0 fully saturated rings. The van der Waals surface area contributed by atoms with Gasteiger partial charge in [0.25, 0.3) is 0 Å². The molecule has 0 saturated carbocycles. The summed E-state index contributed by atoms with van der Waals surface area (Å²) in [5, 5.41) is 0. The number of benzene rings is 3. The smallest absolute Gasteiger partial charge is 0.184 e. The van der Waals surface area contributed by atoms with Crippen molar-refractivity contribution in [1.82, 2.24) is 0 Å². The van der Waals surface area contributed by atoms with Gasteiger partial charge in [0.1, 0.15) is 0 Å². The minimum absolute atomic E-state index is 0. The summed E-state index contributed by atoms with van der Waals surface area (Å²) in [5.74, 6) is 0.694. The molecule has 3 aromatic rings. The van der Waals surface area contributed by atoms with Gasteiger partial charge >= 0.3 is 26.2 Å². The van der Waals surface area contributed by atoms with Crippen molar-refractivity contribution in [2.45, 2.75) is 34.6 Å². The van der Waals surface area contributed by atoms with Crippen molar-refractivity contribution in [3.63, 3.8) is 0 Å². The third-order valence-corrected chi connectivity index (χ3v) is 4.87. The second-order valence-electron chi connectivity index (χ2n) is 6.57. The zero-order chi connectivity index (χ0) is 20.6. The predicted octanol–water partition coefficient (Wildman–Crippen LogP) is 7.77. The first kappa shape index (κ1) is 27.0. The van der Waals surface area contributed by atoms with Crippen LogP contribution in [0.1, 0.15) is 34.6 Å². The predicted molar refractivity (Wildman–Crippen MR) is 122 cm³/mol. The van der Waals surface area contributed by atoms with Crippen LogP contribution in [0, 0.1) is 24.1 Å². The molecule has 1 radical (unpaired) electrons. The fourth-order valence-electron chi connectivity index (χ4n) is 2.59. The molecule has 0 nitrogen and oxygen atoms in total. The van der Waals surface area contributed by atoms with E-state index in [1.165, 1.54) is 11.1 Å². The SMILES string of the molecule is CC1=C(C)C(C)C(C)=C1C.[Zr+3].[c-]1ccccc1.[c-]1ccccc1.[c-]1ccccc1. The maximum Gasteiger partial charge on any atom is 3.00 e. The third-order valence-electron chi connectivity index (χ3n) is 4.87. The van der Waals surface area contributed by atoms with Crippen molar-refractivity contribution in [2.24, 2.45) is 5.92 Å². The van der Waals surface area contributed by atoms with E-state index in [-0.39, 0.29) is 26.2 Å². The van der Waals surface area contributed by atoms with Gasteiger partial charge in [-0.1, -0.05) is 18.1 Å². The number of rotatable bonds is 0. The quantitative estimate of drug-likeness (QED) is 0.302. The number of hydrogen-bond donors (Lipinski definition) is 0. The first-order chi connectivity index (χ1) is 13.6. The van der Waals surface area contributed by atoms with Crippen molar-refractivity contribution in [2.75, 3.05) is 0 Å². The Kier molecular flexibility index (Phi) is 15.8. The van der Waals surface area contributed by atoms with Crippen molar-refractivity contribution in [1.29, 1.82) is 0 Å². The summed E-state index contributed by atoms with van der Waals surface area (Å²) in [6.07, 6.45) is 0. The number of allylic oxidation sites excluding steroid dienone is 4. The van der Waals surface area contributed by atoms with E-state index in [1.54, 1.807) is 11.1 Å². The van der Waals surface area contributed by atoms with Gasteiger partial charge in [-0.25, -0.2) is 0 Å². The van der Waals surface area contributed by atoms with E-state index in [1.807, 2.05) is 91.0 Å². The van der Waals surface area contributed by atoms with E-state index in [0.29, 0.717) is 5.92 Å². The fourth-order valence-corrected chi connectivity index (χ4v) is 2.59. The fraction of sp³-hybridized carbons (Fsp3) is 0.214. The van der Waals surface area contributed by atoms with Gasteiger partial charge in [0, 0.05) is 0 Å². The minimum atomic E-state index is 0. The molecule has 3 aromatic carbocycles. The standard InChI is InChI=1S/C10H16.3C6H5.Zr/c1-6-7(2)9(4)10(5)8(6)3;3*1-2-4-6-5-3-1;/h6H,1-5H3;3*1-5H;/q;3*-1;+3. The molecule has 0 unspecified atom stereocenters. The van der Waals surface area contributed by atoms with E-state index in [2.05, 4.69) is 52.8 Å². The van der Waals surface area contributed by atoms with Gasteiger partial charge in [-0.3, -0.25) is 0 Å². The van der Waals surface area contributed by atoms with E-state index in [9.17, 15) is 0 Å². The van der Waals surface area contributed by atoms with Gasteiger partial charge in [-0.2, -0.15) is 109 Å². The van der Waals surface area contributed by atoms with Crippen LogP contribution in [0.2, 0.25) is 0 Å². The second kappa shape index (κ2) is 16.9. The van der Waals surface area contributed by atoms with Gasteiger partial charge in [-0.15, -0.1) is 0 Å². The largest absolute Gasteiger partial charge is 3.00 e. The summed E-state index contributed by atoms with van der Waals surface area (Å²) in [6.45, 7) is 11.2. The van der Waals surface area contributed by atoms with Crippen LogP contribution in [-0.4, -0.2) is 0 Å². The minimum Gasteiger partial charge on any atom is -0.184 e. The Bertz CT molecular complexity index is 624. The van der Waals surface area contributed by atoms with E-state index < -0.39 is 0 Å². The van der Waals surface area contributed by atoms with Crippen molar-refractivity contribution >= 4 is 0 Å². The first-order valence-electron chi connectivity index (χ1n) is 9.64. The third kappa shape index (κ3) is 11.6. The average molecular weight is 459 g/mol. The van der Waals surface area contributed by atoms with Crippen LogP contribution in [0.15, 0.2) is 113 Å². The summed E-state index contributed by atoms with van der Waals surface area (Å²) < 4.78 is 0. The summed E-state index contributed by atoms with van der Waals surface area (Å²) in [7, 11) is 0. The Morgan fingerprint density at radius 3 is 0.793 bits per heavy atom. The van der Waals surface area contributed by atoms with Crippen LogP contribution in [-0.2, 0) is 26.2 Å².